The third-order valence-corrected chi connectivity index (χ3v) is 2.92. The van der Waals surface area contributed by atoms with E-state index in [0.717, 1.165) is 30.0 Å². The summed E-state index contributed by atoms with van der Waals surface area (Å²) in [6.07, 6.45) is 1.83. The van der Waals surface area contributed by atoms with Crippen molar-refractivity contribution < 1.29 is 14.0 Å². The van der Waals surface area contributed by atoms with Crippen LogP contribution in [0.25, 0.3) is 0 Å². The second-order valence-corrected chi connectivity index (χ2v) is 4.81. The van der Waals surface area contributed by atoms with E-state index >= 15 is 0 Å². The first kappa shape index (κ1) is 14.6. The smallest absolute Gasteiger partial charge is 0.133 e. The molecule has 0 amide bonds. The topological polar surface area (TPSA) is 44.5 Å². The molecule has 108 valence electrons. The van der Waals surface area contributed by atoms with Crippen LogP contribution in [-0.4, -0.2) is 25.0 Å². The fourth-order valence-electron chi connectivity index (χ4n) is 1.85. The number of benzene rings is 1. The molecule has 0 aliphatic carbocycles. The van der Waals surface area contributed by atoms with Gasteiger partial charge in [-0.1, -0.05) is 22.9 Å². The average molecular weight is 275 g/mol. The zero-order valence-electron chi connectivity index (χ0n) is 12.1. The highest BCUT2D eigenvalue weighted by molar-refractivity contribution is 5.26. The lowest BCUT2D eigenvalue weighted by Crippen LogP contribution is -2.08. The fourth-order valence-corrected chi connectivity index (χ4v) is 1.85. The molecule has 1 aromatic carbocycles. The predicted molar refractivity (Wildman–Crippen MR) is 77.1 cm³/mol. The highest BCUT2D eigenvalue weighted by atomic mass is 16.5. The summed E-state index contributed by atoms with van der Waals surface area (Å²) in [5, 5.41) is 3.94. The zero-order chi connectivity index (χ0) is 14.2. The van der Waals surface area contributed by atoms with Crippen LogP contribution in [0.5, 0.6) is 5.75 Å². The number of hydrogen-bond acceptors (Lipinski definition) is 4. The highest BCUT2D eigenvalue weighted by Gasteiger charge is 2.00. The van der Waals surface area contributed by atoms with Gasteiger partial charge in [0.25, 0.3) is 0 Å². The predicted octanol–water partition coefficient (Wildman–Crippen LogP) is 3.32. The van der Waals surface area contributed by atoms with Crippen LogP contribution in [0.2, 0.25) is 0 Å². The number of hydrogen-bond donors (Lipinski definition) is 0. The Morgan fingerprint density at radius 3 is 2.55 bits per heavy atom. The van der Waals surface area contributed by atoms with Crippen molar-refractivity contribution in [1.29, 1.82) is 0 Å². The maximum absolute atomic E-state index is 5.58. The van der Waals surface area contributed by atoms with E-state index in [2.05, 4.69) is 12.1 Å². The third kappa shape index (κ3) is 5.05. The summed E-state index contributed by atoms with van der Waals surface area (Å²) < 4.78 is 16.1. The lowest BCUT2D eigenvalue weighted by atomic mass is 10.2. The van der Waals surface area contributed by atoms with Crippen molar-refractivity contribution in [2.75, 3.05) is 19.8 Å². The summed E-state index contributed by atoms with van der Waals surface area (Å²) >= 11 is 0. The van der Waals surface area contributed by atoms with E-state index in [0.29, 0.717) is 19.8 Å². The molecular formula is C16H21NO3. The lowest BCUT2D eigenvalue weighted by Gasteiger charge is -2.07. The minimum Gasteiger partial charge on any atom is -0.491 e. The molecule has 0 radical (unpaired) electrons. The van der Waals surface area contributed by atoms with Gasteiger partial charge >= 0.3 is 0 Å². The van der Waals surface area contributed by atoms with Crippen LogP contribution < -0.4 is 4.74 Å². The molecule has 0 bridgehead atoms. The number of nitrogens with zero attached hydrogens (tertiary/aromatic N) is 1. The van der Waals surface area contributed by atoms with E-state index in [1.165, 1.54) is 5.56 Å². The first-order valence-electron chi connectivity index (χ1n) is 6.93. The summed E-state index contributed by atoms with van der Waals surface area (Å²) in [5.41, 5.74) is 2.22. The van der Waals surface area contributed by atoms with Gasteiger partial charge in [0.15, 0.2) is 0 Å². The molecule has 0 atom stereocenters. The van der Waals surface area contributed by atoms with Crippen molar-refractivity contribution in [1.82, 2.24) is 5.16 Å². The average Bonchev–Trinajstić information content (AvgIpc) is 2.85. The van der Waals surface area contributed by atoms with E-state index in [-0.39, 0.29) is 0 Å². The van der Waals surface area contributed by atoms with Crippen molar-refractivity contribution in [3.05, 3.63) is 47.3 Å². The van der Waals surface area contributed by atoms with Gasteiger partial charge in [-0.2, -0.15) is 0 Å². The first-order valence-corrected chi connectivity index (χ1v) is 6.93. The van der Waals surface area contributed by atoms with E-state index in [1.54, 1.807) is 0 Å². The zero-order valence-corrected chi connectivity index (χ0v) is 12.1. The van der Waals surface area contributed by atoms with Gasteiger partial charge in [0.05, 0.1) is 12.3 Å². The summed E-state index contributed by atoms with van der Waals surface area (Å²) in [7, 11) is 0. The summed E-state index contributed by atoms with van der Waals surface area (Å²) in [4.78, 5) is 0. The Bertz CT molecular complexity index is 505. The molecule has 1 heterocycles. The van der Waals surface area contributed by atoms with Gasteiger partial charge in [0.2, 0.25) is 0 Å². The maximum atomic E-state index is 5.58. The molecule has 0 fully saturated rings. The molecule has 0 unspecified atom stereocenters. The van der Waals surface area contributed by atoms with Gasteiger partial charge in [-0.3, -0.25) is 0 Å². The van der Waals surface area contributed by atoms with Gasteiger partial charge in [-0.05, 0) is 38.8 Å². The molecule has 2 aromatic rings. The molecule has 2 rings (SSSR count). The Labute approximate surface area is 119 Å². The Hall–Kier alpha value is -1.81. The quantitative estimate of drug-likeness (QED) is 0.693. The van der Waals surface area contributed by atoms with Crippen molar-refractivity contribution >= 4 is 0 Å². The first-order chi connectivity index (χ1) is 9.74. The van der Waals surface area contributed by atoms with Crippen LogP contribution in [0.4, 0.5) is 0 Å². The van der Waals surface area contributed by atoms with Crippen LogP contribution in [-0.2, 0) is 11.2 Å². The molecule has 0 aliphatic heterocycles. The molecular weight excluding hydrogens is 254 g/mol. The number of ether oxygens (including phenoxy) is 2. The number of rotatable bonds is 8. The second kappa shape index (κ2) is 7.70. The van der Waals surface area contributed by atoms with Gasteiger partial charge in [0.1, 0.15) is 18.1 Å². The van der Waals surface area contributed by atoms with Crippen LogP contribution in [0.15, 0.2) is 34.9 Å². The van der Waals surface area contributed by atoms with E-state index in [4.69, 9.17) is 14.0 Å². The van der Waals surface area contributed by atoms with Gasteiger partial charge in [-0.25, -0.2) is 0 Å². The third-order valence-electron chi connectivity index (χ3n) is 2.92. The molecule has 0 spiro atoms. The molecule has 0 saturated carbocycles. The summed E-state index contributed by atoms with van der Waals surface area (Å²) in [5.74, 6) is 1.74. The van der Waals surface area contributed by atoms with E-state index in [9.17, 15) is 0 Å². The molecule has 0 saturated heterocycles. The molecule has 1 aromatic heterocycles. The van der Waals surface area contributed by atoms with Gasteiger partial charge in [-0.15, -0.1) is 0 Å². The molecule has 20 heavy (non-hydrogen) atoms. The standard InChI is InChI=1S/C16H21NO3/c1-13-5-7-16(8-6-13)19-11-10-18-9-3-4-15-12-14(2)20-17-15/h5-8,12H,3-4,9-11H2,1-2H3. The minimum absolute atomic E-state index is 0.576. The SMILES string of the molecule is Cc1ccc(OCCOCCCc2cc(C)on2)cc1. The Morgan fingerprint density at radius 2 is 1.85 bits per heavy atom. The van der Waals surface area contributed by atoms with E-state index < -0.39 is 0 Å². The van der Waals surface area contributed by atoms with E-state index in [1.807, 2.05) is 37.3 Å². The van der Waals surface area contributed by atoms with Crippen molar-refractivity contribution in [2.24, 2.45) is 0 Å². The highest BCUT2D eigenvalue weighted by Crippen LogP contribution is 2.11. The van der Waals surface area contributed by atoms with Crippen molar-refractivity contribution in [2.45, 2.75) is 26.7 Å². The van der Waals surface area contributed by atoms with Gasteiger partial charge < -0.3 is 14.0 Å². The number of aromatic nitrogens is 1. The van der Waals surface area contributed by atoms with Crippen molar-refractivity contribution in [3.63, 3.8) is 0 Å². The molecule has 4 nitrogen and oxygen atoms in total. The monoisotopic (exact) mass is 275 g/mol. The van der Waals surface area contributed by atoms with Crippen LogP contribution in [0, 0.1) is 13.8 Å². The second-order valence-electron chi connectivity index (χ2n) is 4.81. The van der Waals surface area contributed by atoms with Crippen LogP contribution in [0.1, 0.15) is 23.4 Å². The Morgan fingerprint density at radius 1 is 1.05 bits per heavy atom. The normalized spacial score (nSPS) is 10.7. The Kier molecular flexibility index (Phi) is 5.62. The minimum atomic E-state index is 0.576. The number of aryl methyl sites for hydroxylation is 3. The summed E-state index contributed by atoms with van der Waals surface area (Å²) in [6, 6.07) is 9.98. The molecule has 4 heteroatoms. The fraction of sp³-hybridized carbons (Fsp3) is 0.438. The Balaban J connectivity index is 1.50. The molecule has 0 aliphatic rings. The van der Waals surface area contributed by atoms with Crippen LogP contribution >= 0.6 is 0 Å². The van der Waals surface area contributed by atoms with Crippen molar-refractivity contribution in [3.8, 4) is 5.75 Å². The molecule has 0 N–H and O–H groups in total. The van der Waals surface area contributed by atoms with Gasteiger partial charge in [0, 0.05) is 12.7 Å². The maximum Gasteiger partial charge on any atom is 0.133 e. The summed E-state index contributed by atoms with van der Waals surface area (Å²) in [6.45, 7) is 5.85. The lowest BCUT2D eigenvalue weighted by molar-refractivity contribution is 0.0983. The largest absolute Gasteiger partial charge is 0.491 e. The van der Waals surface area contributed by atoms with Crippen LogP contribution in [0.3, 0.4) is 0 Å².